The number of carboxylic acid groups (broad SMARTS) is 1. The minimum atomic E-state index is -1.01. The van der Waals surface area contributed by atoms with E-state index in [0.717, 1.165) is 54.3 Å². The lowest BCUT2D eigenvalue weighted by Crippen LogP contribution is -2.34. The minimum absolute atomic E-state index is 0.0966. The van der Waals surface area contributed by atoms with Gasteiger partial charge in [-0.15, -0.1) is 0 Å². The number of carbonyl (C=O) groups is 1. The smallest absolute Gasteiger partial charge is 0.335 e. The van der Waals surface area contributed by atoms with Gasteiger partial charge in [-0.1, -0.05) is 23.7 Å². The molecule has 2 aromatic heterocycles. The Bertz CT molecular complexity index is 1630. The molecule has 1 fully saturated rings. The van der Waals surface area contributed by atoms with Crippen LogP contribution in [0, 0.1) is 0 Å². The van der Waals surface area contributed by atoms with Gasteiger partial charge < -0.3 is 23.9 Å². The van der Waals surface area contributed by atoms with Crippen LogP contribution in [0.3, 0.4) is 0 Å². The zero-order chi connectivity index (χ0) is 29.6. The average molecular weight is 591 g/mol. The van der Waals surface area contributed by atoms with Gasteiger partial charge >= 0.3 is 5.97 Å². The van der Waals surface area contributed by atoms with E-state index in [9.17, 15) is 9.90 Å². The summed E-state index contributed by atoms with van der Waals surface area (Å²) < 4.78 is 20.8. The van der Waals surface area contributed by atoms with Crippen molar-refractivity contribution < 1.29 is 24.1 Å². The first-order valence-corrected chi connectivity index (χ1v) is 14.8. The number of rotatable bonds is 8. The van der Waals surface area contributed by atoms with E-state index in [2.05, 4.69) is 27.4 Å². The highest BCUT2D eigenvalue weighted by Gasteiger charge is 2.42. The lowest BCUT2D eigenvalue weighted by molar-refractivity contribution is -0.0722. The SMILES string of the molecule is CCn1c(CN2CCC(c3cccc4c3O[C@@](C)(c3ccc(Cl)cn3)O4)CC2)nc2c(OC(C)C)cc(C(=O)O)cc21. The number of imidazole rings is 1. The molecule has 0 aliphatic carbocycles. The second-order valence-corrected chi connectivity index (χ2v) is 11.8. The molecule has 2 aliphatic heterocycles. The van der Waals surface area contributed by atoms with Crippen LogP contribution < -0.4 is 14.2 Å². The summed E-state index contributed by atoms with van der Waals surface area (Å²) in [7, 11) is 0. The Morgan fingerprint density at radius 2 is 1.98 bits per heavy atom. The van der Waals surface area contributed by atoms with Crippen molar-refractivity contribution in [1.29, 1.82) is 0 Å². The lowest BCUT2D eigenvalue weighted by atomic mass is 9.88. The third-order valence-corrected chi connectivity index (χ3v) is 8.24. The summed E-state index contributed by atoms with van der Waals surface area (Å²) in [6.07, 6.45) is 3.44. The number of hydrogen-bond acceptors (Lipinski definition) is 7. The van der Waals surface area contributed by atoms with Crippen molar-refractivity contribution in [2.45, 2.75) is 71.4 Å². The molecule has 42 heavy (non-hydrogen) atoms. The fourth-order valence-corrected chi connectivity index (χ4v) is 6.11. The molecule has 1 N–H and O–H groups in total. The largest absolute Gasteiger partial charge is 0.489 e. The van der Waals surface area contributed by atoms with Crippen LogP contribution in [0.5, 0.6) is 17.2 Å². The summed E-state index contributed by atoms with van der Waals surface area (Å²) in [5, 5.41) is 10.3. The van der Waals surface area contributed by atoms with E-state index in [-0.39, 0.29) is 11.7 Å². The molecule has 2 aliphatic rings. The monoisotopic (exact) mass is 590 g/mol. The zero-order valence-corrected chi connectivity index (χ0v) is 25.0. The molecule has 220 valence electrons. The maximum Gasteiger partial charge on any atom is 0.335 e. The van der Waals surface area contributed by atoms with Crippen LogP contribution in [0.2, 0.25) is 5.02 Å². The molecule has 9 nitrogen and oxygen atoms in total. The molecular weight excluding hydrogens is 556 g/mol. The summed E-state index contributed by atoms with van der Waals surface area (Å²) in [4.78, 5) is 23.6. The molecular formula is C32H35ClN4O5. The number of fused-ring (bicyclic) bond motifs is 2. The topological polar surface area (TPSA) is 98.9 Å². The van der Waals surface area contributed by atoms with Crippen LogP contribution in [-0.2, 0) is 18.9 Å². The number of hydrogen-bond donors (Lipinski definition) is 1. The predicted molar refractivity (Wildman–Crippen MR) is 160 cm³/mol. The standard InChI is InChI=1S/C32H35ClN4O5/c1-5-37-24-15-21(31(38)39)16-26(40-19(2)3)29(24)35-28(37)18-36-13-11-20(12-14-36)23-7-6-8-25-30(23)42-32(4,41-25)27-10-9-22(33)17-34-27/h6-10,15-17,19-20H,5,11-14,18H2,1-4H3,(H,38,39)/t32-/m0/s1. The van der Waals surface area contributed by atoms with Crippen molar-refractivity contribution in [1.82, 2.24) is 19.4 Å². The molecule has 0 unspecified atom stereocenters. The fourth-order valence-electron chi connectivity index (χ4n) is 6.00. The van der Waals surface area contributed by atoms with Crippen molar-refractivity contribution in [2.75, 3.05) is 13.1 Å². The first kappa shape index (κ1) is 28.3. The van der Waals surface area contributed by atoms with Crippen molar-refractivity contribution in [2.24, 2.45) is 0 Å². The number of aromatic carboxylic acids is 1. The quantitative estimate of drug-likeness (QED) is 0.245. The number of aromatic nitrogens is 3. The van der Waals surface area contributed by atoms with Crippen molar-refractivity contribution in [3.8, 4) is 17.2 Å². The Balaban J connectivity index is 1.19. The highest BCUT2D eigenvalue weighted by Crippen LogP contribution is 2.49. The van der Waals surface area contributed by atoms with E-state index in [1.165, 1.54) is 0 Å². The molecule has 10 heteroatoms. The van der Waals surface area contributed by atoms with E-state index in [1.54, 1.807) is 24.4 Å². The molecule has 0 bridgehead atoms. The first-order valence-electron chi connectivity index (χ1n) is 14.4. The number of aryl methyl sites for hydroxylation is 1. The molecule has 4 heterocycles. The third-order valence-electron chi connectivity index (χ3n) is 8.02. The van der Waals surface area contributed by atoms with Crippen LogP contribution in [0.1, 0.15) is 73.9 Å². The van der Waals surface area contributed by atoms with Crippen LogP contribution in [0.25, 0.3) is 11.0 Å². The highest BCUT2D eigenvalue weighted by molar-refractivity contribution is 6.30. The fraction of sp³-hybridized carbons (Fsp3) is 0.406. The molecule has 1 atom stereocenters. The number of carboxylic acids is 1. The van der Waals surface area contributed by atoms with Crippen molar-refractivity contribution in [3.05, 3.63) is 76.3 Å². The molecule has 6 rings (SSSR count). The number of ether oxygens (including phenoxy) is 3. The van der Waals surface area contributed by atoms with Gasteiger partial charge in [0.1, 0.15) is 22.8 Å². The highest BCUT2D eigenvalue weighted by atomic mass is 35.5. The maximum absolute atomic E-state index is 11.8. The molecule has 2 aromatic carbocycles. The van der Waals surface area contributed by atoms with E-state index >= 15 is 0 Å². The van der Waals surface area contributed by atoms with Crippen molar-refractivity contribution >= 4 is 28.6 Å². The van der Waals surface area contributed by atoms with Crippen LogP contribution in [-0.4, -0.2) is 49.7 Å². The summed E-state index contributed by atoms with van der Waals surface area (Å²) in [6, 6.07) is 13.0. The third kappa shape index (κ3) is 5.27. The predicted octanol–water partition coefficient (Wildman–Crippen LogP) is 6.61. The molecule has 1 saturated heterocycles. The van der Waals surface area contributed by atoms with Crippen LogP contribution >= 0.6 is 11.6 Å². The number of nitrogens with zero attached hydrogens (tertiary/aromatic N) is 4. The Hall–Kier alpha value is -3.82. The number of pyridine rings is 1. The van der Waals surface area contributed by atoms with Crippen molar-refractivity contribution in [3.63, 3.8) is 0 Å². The Morgan fingerprint density at radius 3 is 2.64 bits per heavy atom. The molecule has 0 spiro atoms. The minimum Gasteiger partial charge on any atom is -0.489 e. The van der Waals surface area contributed by atoms with Gasteiger partial charge in [0, 0.05) is 25.2 Å². The van der Waals surface area contributed by atoms with E-state index < -0.39 is 11.8 Å². The van der Waals surface area contributed by atoms with Gasteiger partial charge in [0.05, 0.1) is 28.8 Å². The average Bonchev–Trinajstić information content (AvgIpc) is 3.50. The molecule has 4 aromatic rings. The Morgan fingerprint density at radius 1 is 1.19 bits per heavy atom. The van der Waals surface area contributed by atoms with E-state index in [4.69, 9.17) is 30.8 Å². The van der Waals surface area contributed by atoms with Gasteiger partial charge in [0.15, 0.2) is 11.5 Å². The van der Waals surface area contributed by atoms with Crippen LogP contribution in [0.4, 0.5) is 0 Å². The summed E-state index contributed by atoms with van der Waals surface area (Å²) in [5.74, 6) is 1.26. The number of para-hydroxylation sites is 1. The van der Waals surface area contributed by atoms with Gasteiger partial charge in [-0.3, -0.25) is 9.88 Å². The second-order valence-electron chi connectivity index (χ2n) is 11.3. The number of benzene rings is 2. The summed E-state index contributed by atoms with van der Waals surface area (Å²) in [5.41, 5.74) is 3.51. The molecule has 0 saturated carbocycles. The Labute approximate surface area is 250 Å². The second kappa shape index (κ2) is 11.1. The summed E-state index contributed by atoms with van der Waals surface area (Å²) >= 11 is 6.04. The van der Waals surface area contributed by atoms with Gasteiger partial charge in [0.2, 0.25) is 0 Å². The number of halogens is 1. The first-order chi connectivity index (χ1) is 20.1. The number of likely N-dealkylation sites (tertiary alicyclic amines) is 1. The molecule has 0 radical (unpaired) electrons. The zero-order valence-electron chi connectivity index (χ0n) is 24.3. The normalized spacial score (nSPS) is 19.1. The van der Waals surface area contributed by atoms with Crippen LogP contribution in [0.15, 0.2) is 48.7 Å². The van der Waals surface area contributed by atoms with Gasteiger partial charge in [-0.25, -0.2) is 9.78 Å². The summed E-state index contributed by atoms with van der Waals surface area (Å²) in [6.45, 7) is 10.9. The van der Waals surface area contributed by atoms with Gasteiger partial charge in [-0.05, 0) is 83.0 Å². The maximum atomic E-state index is 11.8. The molecule has 0 amide bonds. The Kier molecular flexibility index (Phi) is 7.49. The van der Waals surface area contributed by atoms with Gasteiger partial charge in [0.25, 0.3) is 5.79 Å². The number of piperidine rings is 1. The van der Waals surface area contributed by atoms with E-state index in [0.29, 0.717) is 41.0 Å². The lowest BCUT2D eigenvalue weighted by Gasteiger charge is -2.32. The van der Waals surface area contributed by atoms with Gasteiger partial charge in [-0.2, -0.15) is 0 Å². The van der Waals surface area contributed by atoms with E-state index in [1.807, 2.05) is 39.0 Å².